The number of guanidine groups is 1. The molecule has 1 saturated heterocycles. The zero-order valence-electron chi connectivity index (χ0n) is 17.0. The summed E-state index contributed by atoms with van der Waals surface area (Å²) in [7, 11) is 5.07. The number of nitrogens with one attached hydrogen (secondary N) is 4. The maximum Gasteiger partial charge on any atom is 0.251 e. The second-order valence-electron chi connectivity index (χ2n) is 6.90. The van der Waals surface area contributed by atoms with Gasteiger partial charge in [-0.15, -0.1) is 0 Å². The molecule has 1 aromatic rings. The van der Waals surface area contributed by atoms with Gasteiger partial charge in [-0.2, -0.15) is 0 Å². The average Bonchev–Trinajstić information content (AvgIpc) is 2.73. The number of aliphatic imine (C=N–C) groups is 1. The van der Waals surface area contributed by atoms with E-state index in [9.17, 15) is 9.59 Å². The van der Waals surface area contributed by atoms with Gasteiger partial charge in [-0.25, -0.2) is 0 Å². The van der Waals surface area contributed by atoms with E-state index in [4.69, 9.17) is 0 Å². The number of hydrogen-bond donors (Lipinski definition) is 4. The van der Waals surface area contributed by atoms with Gasteiger partial charge in [-0.05, 0) is 37.0 Å². The van der Waals surface area contributed by atoms with Crippen LogP contribution in [0.25, 0.3) is 0 Å². The van der Waals surface area contributed by atoms with Crippen molar-refractivity contribution in [2.24, 2.45) is 4.99 Å². The van der Waals surface area contributed by atoms with Crippen molar-refractivity contribution in [3.8, 4) is 0 Å². The first-order valence-corrected chi connectivity index (χ1v) is 9.76. The molecule has 1 aromatic carbocycles. The van der Waals surface area contributed by atoms with Gasteiger partial charge in [-0.1, -0.05) is 12.1 Å². The zero-order chi connectivity index (χ0) is 20.4. The van der Waals surface area contributed by atoms with E-state index in [-0.39, 0.29) is 11.8 Å². The number of amides is 2. The van der Waals surface area contributed by atoms with Gasteiger partial charge in [0.05, 0.1) is 6.54 Å². The second-order valence-corrected chi connectivity index (χ2v) is 6.90. The molecule has 0 bridgehead atoms. The Kier molecular flexibility index (Phi) is 8.74. The van der Waals surface area contributed by atoms with Crippen LogP contribution in [0.4, 0.5) is 0 Å². The lowest BCUT2D eigenvalue weighted by atomic mass is 10.1. The molecule has 0 atom stereocenters. The summed E-state index contributed by atoms with van der Waals surface area (Å²) in [5, 5.41) is 12.1. The summed E-state index contributed by atoms with van der Waals surface area (Å²) in [4.78, 5) is 29.7. The number of nitrogens with zero attached hydrogens (tertiary/aromatic N) is 2. The van der Waals surface area contributed by atoms with Crippen LogP contribution in [0, 0.1) is 0 Å². The standard InChI is InChI=1S/C20H32N6O2/c1-21-18(27)14-26-11-8-17(9-12-26)25-20(23-3)24-10-7-15-5-4-6-16(13-15)19(28)22-2/h4-6,13,17H,7-12,14H2,1-3H3,(H,21,27)(H,22,28)(H2,23,24,25). The van der Waals surface area contributed by atoms with Gasteiger partial charge in [0, 0.05) is 52.4 Å². The fourth-order valence-corrected chi connectivity index (χ4v) is 3.24. The molecule has 0 radical (unpaired) electrons. The van der Waals surface area contributed by atoms with Crippen molar-refractivity contribution in [2.45, 2.75) is 25.3 Å². The number of likely N-dealkylation sites (tertiary alicyclic amines) is 1. The van der Waals surface area contributed by atoms with Crippen LogP contribution in [0.5, 0.6) is 0 Å². The first kappa shape index (κ1) is 21.7. The molecule has 2 rings (SSSR count). The number of carbonyl (C=O) groups excluding carboxylic acids is 2. The monoisotopic (exact) mass is 388 g/mol. The number of piperidine rings is 1. The lowest BCUT2D eigenvalue weighted by Gasteiger charge is -2.32. The molecule has 2 amide bonds. The quantitative estimate of drug-likeness (QED) is 0.388. The molecule has 8 nitrogen and oxygen atoms in total. The number of benzene rings is 1. The minimum Gasteiger partial charge on any atom is -0.358 e. The first-order valence-electron chi connectivity index (χ1n) is 9.76. The Labute approximate surface area is 167 Å². The summed E-state index contributed by atoms with van der Waals surface area (Å²) in [5.74, 6) is 0.770. The highest BCUT2D eigenvalue weighted by Gasteiger charge is 2.21. The van der Waals surface area contributed by atoms with Crippen molar-refractivity contribution in [2.75, 3.05) is 47.3 Å². The van der Waals surface area contributed by atoms with E-state index in [0.717, 1.165) is 50.4 Å². The second kappa shape index (κ2) is 11.3. The lowest BCUT2D eigenvalue weighted by molar-refractivity contribution is -0.122. The molecule has 0 spiro atoms. The lowest BCUT2D eigenvalue weighted by Crippen LogP contribution is -2.50. The van der Waals surface area contributed by atoms with Gasteiger partial charge in [0.2, 0.25) is 5.91 Å². The molecule has 0 unspecified atom stereocenters. The number of likely N-dealkylation sites (N-methyl/N-ethyl adjacent to an activating group) is 1. The predicted molar refractivity (Wildman–Crippen MR) is 112 cm³/mol. The summed E-state index contributed by atoms with van der Waals surface area (Å²) < 4.78 is 0. The summed E-state index contributed by atoms with van der Waals surface area (Å²) >= 11 is 0. The van der Waals surface area contributed by atoms with Crippen LogP contribution < -0.4 is 21.3 Å². The van der Waals surface area contributed by atoms with Crippen molar-refractivity contribution in [1.29, 1.82) is 0 Å². The molecule has 1 aliphatic heterocycles. The van der Waals surface area contributed by atoms with Crippen LogP contribution in [-0.2, 0) is 11.2 Å². The molecule has 28 heavy (non-hydrogen) atoms. The summed E-state index contributed by atoms with van der Waals surface area (Å²) in [5.41, 5.74) is 1.78. The maximum absolute atomic E-state index is 11.7. The van der Waals surface area contributed by atoms with Crippen molar-refractivity contribution in [3.63, 3.8) is 0 Å². The van der Waals surface area contributed by atoms with Gasteiger partial charge < -0.3 is 21.3 Å². The molecule has 1 fully saturated rings. The molecule has 1 aliphatic rings. The Hall–Kier alpha value is -2.61. The van der Waals surface area contributed by atoms with Crippen LogP contribution in [0.1, 0.15) is 28.8 Å². The summed E-state index contributed by atoms with van der Waals surface area (Å²) in [6, 6.07) is 8.00. The molecule has 1 heterocycles. The Morgan fingerprint density at radius 1 is 1.18 bits per heavy atom. The number of rotatable bonds is 7. The van der Waals surface area contributed by atoms with Gasteiger partial charge >= 0.3 is 0 Å². The highest BCUT2D eigenvalue weighted by Crippen LogP contribution is 2.10. The topological polar surface area (TPSA) is 97.9 Å². The first-order chi connectivity index (χ1) is 13.5. The van der Waals surface area contributed by atoms with E-state index in [1.54, 1.807) is 21.1 Å². The third-order valence-corrected chi connectivity index (χ3v) is 4.92. The van der Waals surface area contributed by atoms with Crippen LogP contribution >= 0.6 is 0 Å². The minimum atomic E-state index is -0.0740. The number of carbonyl (C=O) groups is 2. The molecule has 154 valence electrons. The zero-order valence-corrected chi connectivity index (χ0v) is 17.0. The minimum absolute atomic E-state index is 0.0596. The van der Waals surface area contributed by atoms with E-state index in [1.807, 2.05) is 24.3 Å². The fourth-order valence-electron chi connectivity index (χ4n) is 3.24. The Bertz CT molecular complexity index is 683. The van der Waals surface area contributed by atoms with E-state index in [0.29, 0.717) is 18.2 Å². The molecule has 0 saturated carbocycles. The largest absolute Gasteiger partial charge is 0.358 e. The van der Waals surface area contributed by atoms with Crippen LogP contribution in [-0.4, -0.2) is 76.0 Å². The highest BCUT2D eigenvalue weighted by molar-refractivity contribution is 5.94. The van der Waals surface area contributed by atoms with E-state index < -0.39 is 0 Å². The van der Waals surface area contributed by atoms with Gasteiger partial charge in [-0.3, -0.25) is 19.5 Å². The summed E-state index contributed by atoms with van der Waals surface area (Å²) in [6.07, 6.45) is 2.76. The van der Waals surface area contributed by atoms with Crippen molar-refractivity contribution >= 4 is 17.8 Å². The molecule has 4 N–H and O–H groups in total. The highest BCUT2D eigenvalue weighted by atomic mass is 16.2. The average molecular weight is 389 g/mol. The predicted octanol–water partition coefficient (Wildman–Crippen LogP) is -0.0359. The molecule has 0 aliphatic carbocycles. The SMILES string of the molecule is CN=C(NCCc1cccc(C(=O)NC)c1)NC1CCN(CC(=O)NC)CC1. The van der Waals surface area contributed by atoms with Gasteiger partial charge in [0.25, 0.3) is 5.91 Å². The fraction of sp³-hybridized carbons (Fsp3) is 0.550. The third-order valence-electron chi connectivity index (χ3n) is 4.92. The molecule has 8 heteroatoms. The van der Waals surface area contributed by atoms with E-state index in [1.165, 1.54) is 0 Å². The van der Waals surface area contributed by atoms with Crippen molar-refractivity contribution < 1.29 is 9.59 Å². The molecular formula is C20H32N6O2. The Morgan fingerprint density at radius 3 is 2.57 bits per heavy atom. The maximum atomic E-state index is 11.7. The van der Waals surface area contributed by atoms with Crippen LogP contribution in [0.2, 0.25) is 0 Å². The van der Waals surface area contributed by atoms with Crippen molar-refractivity contribution in [3.05, 3.63) is 35.4 Å². The Morgan fingerprint density at radius 2 is 1.93 bits per heavy atom. The van der Waals surface area contributed by atoms with E-state index >= 15 is 0 Å². The van der Waals surface area contributed by atoms with Gasteiger partial charge in [0.15, 0.2) is 5.96 Å². The van der Waals surface area contributed by atoms with Gasteiger partial charge in [0.1, 0.15) is 0 Å². The van der Waals surface area contributed by atoms with Crippen LogP contribution in [0.3, 0.4) is 0 Å². The van der Waals surface area contributed by atoms with Crippen LogP contribution in [0.15, 0.2) is 29.3 Å². The molecular weight excluding hydrogens is 356 g/mol. The number of hydrogen-bond acceptors (Lipinski definition) is 4. The smallest absolute Gasteiger partial charge is 0.251 e. The molecule has 0 aromatic heterocycles. The third kappa shape index (κ3) is 6.84. The van der Waals surface area contributed by atoms with Crippen molar-refractivity contribution in [1.82, 2.24) is 26.2 Å². The van der Waals surface area contributed by atoms with E-state index in [2.05, 4.69) is 31.2 Å². The Balaban J connectivity index is 1.74. The summed E-state index contributed by atoms with van der Waals surface area (Å²) in [6.45, 7) is 2.99. The normalized spacial score (nSPS) is 15.8.